The molecule has 1 amide bonds. The second-order valence-electron chi connectivity index (χ2n) is 8.05. The molecule has 156 valence electrons. The lowest BCUT2D eigenvalue weighted by Gasteiger charge is -2.25. The fourth-order valence-electron chi connectivity index (χ4n) is 4.21. The Bertz CT molecular complexity index is 708. The molecule has 2 fully saturated rings. The van der Waals surface area contributed by atoms with E-state index >= 15 is 0 Å². The molecule has 2 saturated carbocycles. The molecule has 0 aromatic heterocycles. The number of benzene rings is 1. The summed E-state index contributed by atoms with van der Waals surface area (Å²) < 4.78 is 5.49. The van der Waals surface area contributed by atoms with Gasteiger partial charge in [0.2, 0.25) is 5.91 Å². The van der Waals surface area contributed by atoms with Gasteiger partial charge in [-0.2, -0.15) is 0 Å². The Morgan fingerprint density at radius 2 is 2.07 bits per heavy atom. The molecule has 0 aliphatic heterocycles. The number of likely N-dealkylation sites (N-methyl/N-ethyl adjacent to an activating group) is 1. The molecule has 6 nitrogen and oxygen atoms in total. The van der Waals surface area contributed by atoms with E-state index in [1.54, 1.807) is 26.1 Å². The summed E-state index contributed by atoms with van der Waals surface area (Å²) in [6, 6.07) is 6.61. The van der Waals surface area contributed by atoms with Gasteiger partial charge in [0, 0.05) is 25.7 Å². The van der Waals surface area contributed by atoms with Crippen molar-refractivity contribution in [1.29, 1.82) is 0 Å². The average Bonchev–Trinajstić information content (AvgIpc) is 3.27. The summed E-state index contributed by atoms with van der Waals surface area (Å²) >= 11 is 0. The maximum atomic E-state index is 12.0. The third kappa shape index (κ3) is 5.75. The number of aliphatic imine (C=N–C) groups is 1. The van der Waals surface area contributed by atoms with E-state index in [-0.39, 0.29) is 36.4 Å². The van der Waals surface area contributed by atoms with Crippen molar-refractivity contribution in [3.05, 3.63) is 29.3 Å². The van der Waals surface area contributed by atoms with E-state index < -0.39 is 0 Å². The van der Waals surface area contributed by atoms with E-state index in [2.05, 4.69) is 22.8 Å². The van der Waals surface area contributed by atoms with Crippen LogP contribution in [0.15, 0.2) is 23.2 Å². The number of carbonyl (C=O) groups is 1. The predicted molar refractivity (Wildman–Crippen MR) is 123 cm³/mol. The number of carbonyl (C=O) groups excluding carboxylic acids is 1. The number of nitrogens with one attached hydrogen (secondary N) is 2. The average molecular weight is 500 g/mol. The number of hydrogen-bond acceptors (Lipinski definition) is 3. The van der Waals surface area contributed by atoms with Gasteiger partial charge in [-0.05, 0) is 49.7 Å². The highest BCUT2D eigenvalue weighted by Gasteiger charge is 2.39. The first-order valence-corrected chi connectivity index (χ1v) is 9.84. The fourth-order valence-corrected chi connectivity index (χ4v) is 4.21. The quantitative estimate of drug-likeness (QED) is 0.358. The highest BCUT2D eigenvalue weighted by molar-refractivity contribution is 14.0. The van der Waals surface area contributed by atoms with E-state index in [0.29, 0.717) is 18.5 Å². The summed E-state index contributed by atoms with van der Waals surface area (Å²) in [6.45, 7) is 2.80. The molecule has 0 saturated heterocycles. The lowest BCUT2D eigenvalue weighted by molar-refractivity contribution is -0.127. The molecule has 0 heterocycles. The number of methoxy groups -OCH3 is 1. The lowest BCUT2D eigenvalue weighted by atomic mass is 9.95. The van der Waals surface area contributed by atoms with E-state index in [1.807, 2.05) is 13.0 Å². The molecule has 28 heavy (non-hydrogen) atoms. The van der Waals surface area contributed by atoms with Gasteiger partial charge in [-0.3, -0.25) is 4.79 Å². The first kappa shape index (κ1) is 22.8. The monoisotopic (exact) mass is 500 g/mol. The lowest BCUT2D eigenvalue weighted by Crippen LogP contribution is -2.48. The molecule has 2 bridgehead atoms. The fraction of sp³-hybridized carbons (Fsp3) is 0.619. The number of nitrogens with zero attached hydrogens (tertiary/aromatic N) is 2. The van der Waals surface area contributed by atoms with Gasteiger partial charge in [0.25, 0.3) is 0 Å². The number of ether oxygens (including phenoxy) is 1. The Kier molecular flexibility index (Phi) is 8.39. The Morgan fingerprint density at radius 3 is 2.68 bits per heavy atom. The van der Waals surface area contributed by atoms with Gasteiger partial charge >= 0.3 is 0 Å². The maximum absolute atomic E-state index is 12.0. The van der Waals surface area contributed by atoms with E-state index in [1.165, 1.54) is 25.7 Å². The van der Waals surface area contributed by atoms with Crippen LogP contribution < -0.4 is 15.4 Å². The van der Waals surface area contributed by atoms with Gasteiger partial charge in [-0.1, -0.05) is 18.6 Å². The van der Waals surface area contributed by atoms with Crippen LogP contribution >= 0.6 is 24.0 Å². The van der Waals surface area contributed by atoms with Crippen molar-refractivity contribution < 1.29 is 9.53 Å². The second-order valence-corrected chi connectivity index (χ2v) is 8.05. The van der Waals surface area contributed by atoms with Crippen molar-refractivity contribution in [3.63, 3.8) is 0 Å². The topological polar surface area (TPSA) is 66.0 Å². The molecule has 0 radical (unpaired) electrons. The number of rotatable bonds is 6. The summed E-state index contributed by atoms with van der Waals surface area (Å²) in [5, 5.41) is 6.80. The first-order chi connectivity index (χ1) is 13.0. The summed E-state index contributed by atoms with van der Waals surface area (Å²) in [5.74, 6) is 3.19. The first-order valence-electron chi connectivity index (χ1n) is 9.84. The third-order valence-electron chi connectivity index (χ3n) is 5.82. The summed E-state index contributed by atoms with van der Waals surface area (Å²) in [4.78, 5) is 18.3. The number of aryl methyl sites for hydroxylation is 1. The number of halogens is 1. The summed E-state index contributed by atoms with van der Waals surface area (Å²) in [5.41, 5.74) is 2.20. The molecular formula is C21H33IN4O2. The Hall–Kier alpha value is -1.51. The number of fused-ring (bicyclic) bond motifs is 2. The Labute approximate surface area is 185 Å². The molecular weight excluding hydrogens is 467 g/mol. The number of hydrogen-bond donors (Lipinski definition) is 2. The minimum Gasteiger partial charge on any atom is -0.496 e. The molecule has 2 aliphatic carbocycles. The van der Waals surface area contributed by atoms with Crippen LogP contribution in [-0.2, 0) is 11.3 Å². The van der Waals surface area contributed by atoms with Crippen LogP contribution in [0.5, 0.6) is 5.75 Å². The van der Waals surface area contributed by atoms with Crippen molar-refractivity contribution in [2.75, 3.05) is 27.7 Å². The molecule has 1 aromatic carbocycles. The Balaban J connectivity index is 0.00000280. The smallest absolute Gasteiger partial charge is 0.241 e. The van der Waals surface area contributed by atoms with Crippen molar-refractivity contribution in [2.45, 2.75) is 45.2 Å². The van der Waals surface area contributed by atoms with Crippen LogP contribution in [0.2, 0.25) is 0 Å². The molecule has 2 aliphatic rings. The van der Waals surface area contributed by atoms with Crippen molar-refractivity contribution in [3.8, 4) is 5.75 Å². The van der Waals surface area contributed by atoms with Gasteiger partial charge in [0.15, 0.2) is 5.96 Å². The zero-order valence-corrected chi connectivity index (χ0v) is 19.7. The van der Waals surface area contributed by atoms with Gasteiger partial charge < -0.3 is 20.3 Å². The maximum Gasteiger partial charge on any atom is 0.241 e. The van der Waals surface area contributed by atoms with E-state index in [9.17, 15) is 4.79 Å². The molecule has 3 rings (SSSR count). The van der Waals surface area contributed by atoms with Gasteiger partial charge in [-0.25, -0.2) is 4.99 Å². The third-order valence-corrected chi connectivity index (χ3v) is 5.82. The summed E-state index contributed by atoms with van der Waals surface area (Å²) in [7, 11) is 5.22. The minimum absolute atomic E-state index is 0. The van der Waals surface area contributed by atoms with E-state index in [4.69, 9.17) is 9.73 Å². The zero-order chi connectivity index (χ0) is 19.4. The SMILES string of the molecule is COc1cc(C)ccc1CN=C(NCC(=O)N(C)C)NC1CC2CCC1C2.I. The summed E-state index contributed by atoms with van der Waals surface area (Å²) in [6.07, 6.45) is 5.20. The standard InChI is InChI=1S/C21H32N4O2.HI/c1-14-5-7-17(19(9-14)27-4)12-22-21(23-13-20(26)25(2)3)24-18-11-15-6-8-16(18)10-15;/h5,7,9,15-16,18H,6,8,10-13H2,1-4H3,(H2,22,23,24);1H. The molecule has 2 N–H and O–H groups in total. The molecule has 7 heteroatoms. The van der Waals surface area contributed by atoms with Crippen LogP contribution in [0.25, 0.3) is 0 Å². The van der Waals surface area contributed by atoms with Crippen molar-refractivity contribution >= 4 is 35.8 Å². The largest absolute Gasteiger partial charge is 0.496 e. The van der Waals surface area contributed by atoms with Crippen LogP contribution in [0.3, 0.4) is 0 Å². The minimum atomic E-state index is 0. The van der Waals surface area contributed by atoms with Gasteiger partial charge in [-0.15, -0.1) is 24.0 Å². The van der Waals surface area contributed by atoms with Gasteiger partial charge in [0.05, 0.1) is 20.2 Å². The second kappa shape index (κ2) is 10.3. The van der Waals surface area contributed by atoms with Crippen LogP contribution in [0.1, 0.15) is 36.8 Å². The van der Waals surface area contributed by atoms with Crippen molar-refractivity contribution in [1.82, 2.24) is 15.5 Å². The number of amides is 1. The zero-order valence-electron chi connectivity index (χ0n) is 17.3. The van der Waals surface area contributed by atoms with E-state index in [0.717, 1.165) is 28.7 Å². The van der Waals surface area contributed by atoms with Crippen LogP contribution in [0, 0.1) is 18.8 Å². The predicted octanol–water partition coefficient (Wildman–Crippen LogP) is 2.93. The van der Waals surface area contributed by atoms with Crippen molar-refractivity contribution in [2.24, 2.45) is 16.8 Å². The molecule has 1 aromatic rings. The highest BCUT2D eigenvalue weighted by atomic mass is 127. The van der Waals surface area contributed by atoms with Crippen LogP contribution in [-0.4, -0.2) is 50.6 Å². The van der Waals surface area contributed by atoms with Crippen LogP contribution in [0.4, 0.5) is 0 Å². The Morgan fingerprint density at radius 1 is 1.29 bits per heavy atom. The number of guanidine groups is 1. The molecule has 3 atom stereocenters. The highest BCUT2D eigenvalue weighted by Crippen LogP contribution is 2.44. The van der Waals surface area contributed by atoms with Gasteiger partial charge in [0.1, 0.15) is 5.75 Å². The normalized spacial score (nSPS) is 23.1. The molecule has 3 unspecified atom stereocenters. The molecule has 0 spiro atoms.